The van der Waals surface area contributed by atoms with E-state index in [1.165, 1.54) is 0 Å². The third-order valence-corrected chi connectivity index (χ3v) is 5.64. The van der Waals surface area contributed by atoms with E-state index in [2.05, 4.69) is 15.5 Å². The molecule has 116 valence electrons. The molecule has 0 saturated carbocycles. The van der Waals surface area contributed by atoms with Crippen LogP contribution in [0.3, 0.4) is 0 Å². The largest absolute Gasteiger partial charge is 0.389 e. The molecule has 0 spiro atoms. The molecule has 1 aliphatic rings. The first-order chi connectivity index (χ1) is 9.88. The van der Waals surface area contributed by atoms with Crippen LogP contribution in [0.25, 0.3) is 0 Å². The third kappa shape index (κ3) is 3.49. The lowest BCUT2D eigenvalue weighted by atomic mass is 10.0. The molecule has 6 nitrogen and oxygen atoms in total. The maximum absolute atomic E-state index is 11.5. The number of aryl methyl sites for hydroxylation is 1. The number of nitrogens with zero attached hydrogens (tertiary/aromatic N) is 2. The van der Waals surface area contributed by atoms with Gasteiger partial charge in [-0.2, -0.15) is 5.10 Å². The lowest BCUT2D eigenvalue weighted by Gasteiger charge is -2.18. The van der Waals surface area contributed by atoms with Crippen molar-refractivity contribution in [1.29, 1.82) is 0 Å². The molecule has 0 amide bonds. The molecular weight excluding hydrogens is 308 g/mol. The quantitative estimate of drug-likeness (QED) is 0.773. The Balaban J connectivity index is 2.37. The zero-order valence-electron chi connectivity index (χ0n) is 12.2. The third-order valence-electron chi connectivity index (χ3n) is 3.67. The molecule has 8 heteroatoms. The van der Waals surface area contributed by atoms with Crippen molar-refractivity contribution in [3.8, 4) is 0 Å². The van der Waals surface area contributed by atoms with Crippen molar-refractivity contribution < 1.29 is 8.42 Å². The monoisotopic (exact) mass is 328 g/mol. The molecule has 0 aliphatic carbocycles. The van der Waals surface area contributed by atoms with Crippen LogP contribution < -0.4 is 11.1 Å². The topological polar surface area (TPSA) is 98.0 Å². The maximum atomic E-state index is 11.5. The van der Waals surface area contributed by atoms with Gasteiger partial charge in [0.25, 0.3) is 0 Å². The highest BCUT2D eigenvalue weighted by Crippen LogP contribution is 2.23. The number of nitrogens with one attached hydrogen (secondary N) is 1. The normalized spacial score (nSPS) is 20.4. The average molecular weight is 328 g/mol. The Morgan fingerprint density at radius 1 is 1.38 bits per heavy atom. The number of hydrogen-bond acceptors (Lipinski definition) is 6. The highest BCUT2D eigenvalue weighted by Gasteiger charge is 2.29. The second-order valence-electron chi connectivity index (χ2n) is 5.16. The Kier molecular flexibility index (Phi) is 4.77. The minimum Gasteiger partial charge on any atom is -0.389 e. The van der Waals surface area contributed by atoms with Gasteiger partial charge < -0.3 is 11.1 Å². The molecule has 2 heterocycles. The molecule has 0 bridgehead atoms. The maximum Gasteiger partial charge on any atom is 0.159 e. The van der Waals surface area contributed by atoms with Gasteiger partial charge in [0.05, 0.1) is 22.8 Å². The minimum absolute atomic E-state index is 0.114. The number of rotatable bonds is 5. The van der Waals surface area contributed by atoms with Gasteiger partial charge in [-0.05, 0) is 24.8 Å². The SMILES string of the molecule is CCc1nnc(NC2CCS(=O)(=O)C2)c(C(N)=S)c1CC. The van der Waals surface area contributed by atoms with E-state index in [0.717, 1.165) is 24.1 Å². The van der Waals surface area contributed by atoms with Crippen molar-refractivity contribution in [2.24, 2.45) is 5.73 Å². The predicted molar refractivity (Wildman–Crippen MR) is 87.4 cm³/mol. The van der Waals surface area contributed by atoms with Crippen molar-refractivity contribution in [3.05, 3.63) is 16.8 Å². The summed E-state index contributed by atoms with van der Waals surface area (Å²) in [6, 6.07) is -0.158. The van der Waals surface area contributed by atoms with Crippen LogP contribution >= 0.6 is 12.2 Å². The Labute approximate surface area is 130 Å². The minimum atomic E-state index is -2.95. The molecule has 1 aromatic heterocycles. The first kappa shape index (κ1) is 16.1. The molecule has 1 atom stereocenters. The van der Waals surface area contributed by atoms with E-state index in [1.807, 2.05) is 13.8 Å². The lowest BCUT2D eigenvalue weighted by Crippen LogP contribution is -2.26. The first-order valence-electron chi connectivity index (χ1n) is 7.03. The zero-order chi connectivity index (χ0) is 15.6. The van der Waals surface area contributed by atoms with Gasteiger partial charge >= 0.3 is 0 Å². The van der Waals surface area contributed by atoms with Crippen LogP contribution in [0.2, 0.25) is 0 Å². The van der Waals surface area contributed by atoms with Crippen LogP contribution in [0.4, 0.5) is 5.82 Å². The van der Waals surface area contributed by atoms with Crippen LogP contribution in [-0.2, 0) is 22.7 Å². The molecule has 2 rings (SSSR count). The molecule has 1 saturated heterocycles. The summed E-state index contributed by atoms with van der Waals surface area (Å²) in [6.07, 6.45) is 2.07. The lowest BCUT2D eigenvalue weighted by molar-refractivity contribution is 0.602. The smallest absolute Gasteiger partial charge is 0.159 e. The summed E-state index contributed by atoms with van der Waals surface area (Å²) < 4.78 is 23.1. The Bertz CT molecular complexity index is 658. The van der Waals surface area contributed by atoms with Crippen molar-refractivity contribution >= 4 is 32.9 Å². The van der Waals surface area contributed by atoms with Crippen LogP contribution in [0.15, 0.2) is 0 Å². The van der Waals surface area contributed by atoms with E-state index in [1.54, 1.807) is 0 Å². The highest BCUT2D eigenvalue weighted by molar-refractivity contribution is 7.91. The van der Waals surface area contributed by atoms with Gasteiger partial charge in [0.15, 0.2) is 15.7 Å². The fourth-order valence-electron chi connectivity index (χ4n) is 2.64. The zero-order valence-corrected chi connectivity index (χ0v) is 13.9. The van der Waals surface area contributed by atoms with E-state index in [0.29, 0.717) is 17.8 Å². The average Bonchev–Trinajstić information content (AvgIpc) is 2.76. The number of anilines is 1. The summed E-state index contributed by atoms with van der Waals surface area (Å²) >= 11 is 5.15. The summed E-state index contributed by atoms with van der Waals surface area (Å²) in [7, 11) is -2.95. The van der Waals surface area contributed by atoms with Gasteiger partial charge in [-0.15, -0.1) is 5.10 Å². The fraction of sp³-hybridized carbons (Fsp3) is 0.615. The van der Waals surface area contributed by atoms with E-state index in [4.69, 9.17) is 18.0 Å². The molecule has 21 heavy (non-hydrogen) atoms. The van der Waals surface area contributed by atoms with Gasteiger partial charge in [0.1, 0.15) is 4.99 Å². The summed E-state index contributed by atoms with van der Waals surface area (Å²) in [5, 5.41) is 11.5. The van der Waals surface area contributed by atoms with E-state index >= 15 is 0 Å². The van der Waals surface area contributed by atoms with Gasteiger partial charge in [-0.25, -0.2) is 8.42 Å². The number of aromatic nitrogens is 2. The predicted octanol–water partition coefficient (Wildman–Crippen LogP) is 0.835. The van der Waals surface area contributed by atoms with Crippen molar-refractivity contribution in [2.45, 2.75) is 39.2 Å². The molecular formula is C13H20N4O2S2. The molecule has 3 N–H and O–H groups in total. The van der Waals surface area contributed by atoms with Crippen LogP contribution in [0, 0.1) is 0 Å². The standard InChI is InChI=1S/C13H20N4O2S2/c1-3-9-10(4-2)16-17-13(11(9)12(14)20)15-8-5-6-21(18,19)7-8/h8H,3-7H2,1-2H3,(H2,14,20)(H,15,17). The molecule has 0 aromatic carbocycles. The van der Waals surface area contributed by atoms with Crippen molar-refractivity contribution in [2.75, 3.05) is 16.8 Å². The van der Waals surface area contributed by atoms with E-state index in [9.17, 15) is 8.42 Å². The van der Waals surface area contributed by atoms with Gasteiger partial charge in [0, 0.05) is 6.04 Å². The summed E-state index contributed by atoms with van der Waals surface area (Å²) in [5.74, 6) is 0.815. The highest BCUT2D eigenvalue weighted by atomic mass is 32.2. The molecule has 1 unspecified atom stereocenters. The second-order valence-corrected chi connectivity index (χ2v) is 7.83. The second kappa shape index (κ2) is 6.23. The van der Waals surface area contributed by atoms with Crippen LogP contribution in [0.5, 0.6) is 0 Å². The number of thiocarbonyl (C=S) groups is 1. The molecule has 1 aliphatic heterocycles. The van der Waals surface area contributed by atoms with Crippen LogP contribution in [-0.4, -0.2) is 41.2 Å². The van der Waals surface area contributed by atoms with Crippen LogP contribution in [0.1, 0.15) is 37.1 Å². The number of nitrogens with two attached hydrogens (primary N) is 1. The number of hydrogen-bond donors (Lipinski definition) is 2. The summed E-state index contributed by atoms with van der Waals surface area (Å²) in [4.78, 5) is 0.264. The van der Waals surface area contributed by atoms with Crippen molar-refractivity contribution in [3.63, 3.8) is 0 Å². The first-order valence-corrected chi connectivity index (χ1v) is 9.26. The fourth-order valence-corrected chi connectivity index (χ4v) is 4.53. The van der Waals surface area contributed by atoms with Gasteiger partial charge in [-0.1, -0.05) is 26.1 Å². The van der Waals surface area contributed by atoms with E-state index in [-0.39, 0.29) is 22.5 Å². The summed E-state index contributed by atoms with van der Waals surface area (Å²) in [5.41, 5.74) is 8.41. The Hall–Kier alpha value is -1.28. The van der Waals surface area contributed by atoms with Crippen molar-refractivity contribution in [1.82, 2.24) is 10.2 Å². The van der Waals surface area contributed by atoms with E-state index < -0.39 is 9.84 Å². The Morgan fingerprint density at radius 2 is 2.10 bits per heavy atom. The summed E-state index contributed by atoms with van der Waals surface area (Å²) in [6.45, 7) is 4.02. The Morgan fingerprint density at radius 3 is 2.57 bits per heavy atom. The van der Waals surface area contributed by atoms with Gasteiger partial charge in [0.2, 0.25) is 0 Å². The van der Waals surface area contributed by atoms with Gasteiger partial charge in [-0.3, -0.25) is 0 Å². The molecule has 0 radical (unpaired) electrons. The molecule has 1 fully saturated rings. The molecule has 1 aromatic rings. The number of sulfone groups is 1.